The van der Waals surface area contributed by atoms with Crippen molar-refractivity contribution in [3.05, 3.63) is 38.9 Å². The van der Waals surface area contributed by atoms with E-state index in [1.807, 2.05) is 0 Å². The van der Waals surface area contributed by atoms with Gasteiger partial charge < -0.3 is 10.4 Å². The van der Waals surface area contributed by atoms with Gasteiger partial charge in [-0.15, -0.1) is 0 Å². The second-order valence-electron chi connectivity index (χ2n) is 4.25. The van der Waals surface area contributed by atoms with E-state index in [4.69, 9.17) is 5.11 Å². The van der Waals surface area contributed by atoms with Crippen LogP contribution in [-0.4, -0.2) is 27.9 Å². The minimum absolute atomic E-state index is 0.0390. The molecule has 0 fully saturated rings. The van der Waals surface area contributed by atoms with Gasteiger partial charge in [0.1, 0.15) is 6.04 Å². The zero-order chi connectivity index (χ0) is 14.7. The molecule has 1 aromatic rings. The van der Waals surface area contributed by atoms with Crippen molar-refractivity contribution in [1.82, 2.24) is 5.32 Å². The molecule has 0 saturated heterocycles. The third kappa shape index (κ3) is 3.27. The molecule has 0 saturated carbocycles. The molecule has 0 bridgehead atoms. The molecular formula is C12H14N2O5. The van der Waals surface area contributed by atoms with Crippen LogP contribution in [0, 0.1) is 24.0 Å². The number of hydrogen-bond donors (Lipinski definition) is 2. The molecule has 0 aromatic heterocycles. The molecular weight excluding hydrogens is 252 g/mol. The van der Waals surface area contributed by atoms with E-state index in [1.54, 1.807) is 0 Å². The molecule has 1 rings (SSSR count). The number of carboxylic acid groups (broad SMARTS) is 1. The van der Waals surface area contributed by atoms with E-state index in [-0.39, 0.29) is 11.3 Å². The van der Waals surface area contributed by atoms with Crippen molar-refractivity contribution in [3.8, 4) is 0 Å². The van der Waals surface area contributed by atoms with Crippen molar-refractivity contribution < 1.29 is 19.6 Å². The van der Waals surface area contributed by atoms with Gasteiger partial charge in [0.2, 0.25) is 0 Å². The summed E-state index contributed by atoms with van der Waals surface area (Å²) in [5.74, 6) is -1.72. The summed E-state index contributed by atoms with van der Waals surface area (Å²) in [6.07, 6.45) is 0. The molecule has 102 valence electrons. The van der Waals surface area contributed by atoms with Gasteiger partial charge in [-0.3, -0.25) is 19.7 Å². The molecule has 1 amide bonds. The second-order valence-corrected chi connectivity index (χ2v) is 4.25. The third-order valence-electron chi connectivity index (χ3n) is 2.65. The maximum Gasteiger partial charge on any atom is 0.325 e. The van der Waals surface area contributed by atoms with Crippen LogP contribution in [0.15, 0.2) is 12.1 Å². The Bertz CT molecular complexity index is 530. The van der Waals surface area contributed by atoms with Gasteiger partial charge in [0, 0.05) is 16.7 Å². The van der Waals surface area contributed by atoms with Crippen LogP contribution in [0.4, 0.5) is 5.69 Å². The normalized spacial score (nSPS) is 11.7. The second kappa shape index (κ2) is 5.47. The van der Waals surface area contributed by atoms with Gasteiger partial charge in [0.15, 0.2) is 0 Å². The fourth-order valence-corrected chi connectivity index (χ4v) is 1.72. The van der Waals surface area contributed by atoms with Crippen molar-refractivity contribution >= 4 is 17.6 Å². The summed E-state index contributed by atoms with van der Waals surface area (Å²) in [5, 5.41) is 21.8. The molecule has 0 radical (unpaired) electrons. The van der Waals surface area contributed by atoms with E-state index in [0.717, 1.165) is 0 Å². The molecule has 1 atom stereocenters. The molecule has 7 nitrogen and oxygen atoms in total. The number of carbonyl (C=O) groups is 2. The Morgan fingerprint density at radius 1 is 1.32 bits per heavy atom. The van der Waals surface area contributed by atoms with E-state index in [9.17, 15) is 19.7 Å². The van der Waals surface area contributed by atoms with Crippen LogP contribution in [0.2, 0.25) is 0 Å². The number of nitrogens with one attached hydrogen (secondary N) is 1. The lowest BCUT2D eigenvalue weighted by molar-refractivity contribution is -0.386. The van der Waals surface area contributed by atoms with Gasteiger partial charge in [-0.1, -0.05) is 0 Å². The first-order chi connectivity index (χ1) is 8.73. The number of nitrogens with zero attached hydrogens (tertiary/aromatic N) is 1. The van der Waals surface area contributed by atoms with Crippen LogP contribution < -0.4 is 5.32 Å². The molecule has 2 N–H and O–H groups in total. The number of nitro groups is 1. The first-order valence-corrected chi connectivity index (χ1v) is 5.53. The Hall–Kier alpha value is -2.44. The smallest absolute Gasteiger partial charge is 0.325 e. The summed E-state index contributed by atoms with van der Waals surface area (Å²) < 4.78 is 0. The maximum absolute atomic E-state index is 11.8. The zero-order valence-corrected chi connectivity index (χ0v) is 10.8. The van der Waals surface area contributed by atoms with Gasteiger partial charge in [0.25, 0.3) is 11.6 Å². The summed E-state index contributed by atoms with van der Waals surface area (Å²) in [4.78, 5) is 32.8. The summed E-state index contributed by atoms with van der Waals surface area (Å²) in [7, 11) is 0. The average Bonchev–Trinajstić information content (AvgIpc) is 2.26. The minimum Gasteiger partial charge on any atom is -0.480 e. The van der Waals surface area contributed by atoms with Crippen molar-refractivity contribution in [2.24, 2.45) is 0 Å². The fourth-order valence-electron chi connectivity index (χ4n) is 1.72. The monoisotopic (exact) mass is 266 g/mol. The first-order valence-electron chi connectivity index (χ1n) is 5.53. The zero-order valence-electron chi connectivity index (χ0n) is 10.8. The predicted molar refractivity (Wildman–Crippen MR) is 67.1 cm³/mol. The number of nitro benzene ring substituents is 1. The Kier molecular flexibility index (Phi) is 4.21. The lowest BCUT2D eigenvalue weighted by atomic mass is 10.0. The Labute approximate surface area is 109 Å². The van der Waals surface area contributed by atoms with E-state index in [0.29, 0.717) is 11.1 Å². The van der Waals surface area contributed by atoms with Crippen molar-refractivity contribution in [3.63, 3.8) is 0 Å². The van der Waals surface area contributed by atoms with Gasteiger partial charge in [-0.2, -0.15) is 0 Å². The van der Waals surface area contributed by atoms with Crippen molar-refractivity contribution in [1.29, 1.82) is 0 Å². The van der Waals surface area contributed by atoms with Gasteiger partial charge in [-0.05, 0) is 32.9 Å². The van der Waals surface area contributed by atoms with Gasteiger partial charge in [-0.25, -0.2) is 0 Å². The highest BCUT2D eigenvalue weighted by Gasteiger charge is 2.20. The Balaban J connectivity index is 3.07. The minimum atomic E-state index is -1.15. The highest BCUT2D eigenvalue weighted by atomic mass is 16.6. The van der Waals surface area contributed by atoms with Crippen molar-refractivity contribution in [2.45, 2.75) is 26.8 Å². The maximum atomic E-state index is 11.8. The van der Waals surface area contributed by atoms with Crippen molar-refractivity contribution in [2.75, 3.05) is 0 Å². The Morgan fingerprint density at radius 2 is 1.79 bits per heavy atom. The summed E-state index contributed by atoms with van der Waals surface area (Å²) in [6.45, 7) is 4.40. The molecule has 0 aliphatic heterocycles. The number of carboxylic acids is 1. The van der Waals surface area contributed by atoms with Crippen LogP contribution >= 0.6 is 0 Å². The molecule has 19 heavy (non-hydrogen) atoms. The molecule has 1 unspecified atom stereocenters. The SMILES string of the molecule is Cc1cc(C(=O)NC(C)C(=O)O)cc(C)c1[N+](=O)[O-]. The van der Waals surface area contributed by atoms with Gasteiger partial charge >= 0.3 is 5.97 Å². The molecule has 0 aliphatic carbocycles. The number of carbonyl (C=O) groups excluding carboxylic acids is 1. The number of benzene rings is 1. The topological polar surface area (TPSA) is 110 Å². The number of aryl methyl sites for hydroxylation is 2. The van der Waals surface area contributed by atoms with E-state index < -0.39 is 22.8 Å². The van der Waals surface area contributed by atoms with Crippen LogP contribution in [0.5, 0.6) is 0 Å². The van der Waals surface area contributed by atoms with Crippen LogP contribution in [-0.2, 0) is 4.79 Å². The fraction of sp³-hybridized carbons (Fsp3) is 0.333. The number of amides is 1. The number of hydrogen-bond acceptors (Lipinski definition) is 4. The highest BCUT2D eigenvalue weighted by molar-refractivity contribution is 5.97. The first kappa shape index (κ1) is 14.6. The summed E-state index contributed by atoms with van der Waals surface area (Å²) in [6, 6.07) is 1.72. The number of rotatable bonds is 4. The molecule has 1 aromatic carbocycles. The lowest BCUT2D eigenvalue weighted by Crippen LogP contribution is -2.38. The summed E-state index contributed by atoms with van der Waals surface area (Å²) >= 11 is 0. The van der Waals surface area contributed by atoms with Crippen LogP contribution in [0.25, 0.3) is 0 Å². The van der Waals surface area contributed by atoms with E-state index >= 15 is 0 Å². The van der Waals surface area contributed by atoms with Crippen LogP contribution in [0.1, 0.15) is 28.4 Å². The predicted octanol–water partition coefficient (Wildman–Crippen LogP) is 1.41. The lowest BCUT2D eigenvalue weighted by Gasteiger charge is -2.10. The third-order valence-corrected chi connectivity index (χ3v) is 2.65. The van der Waals surface area contributed by atoms with E-state index in [1.165, 1.54) is 32.9 Å². The molecule has 7 heteroatoms. The van der Waals surface area contributed by atoms with E-state index in [2.05, 4.69) is 5.32 Å². The largest absolute Gasteiger partial charge is 0.480 e. The van der Waals surface area contributed by atoms with Gasteiger partial charge in [0.05, 0.1) is 4.92 Å². The quantitative estimate of drug-likeness (QED) is 0.632. The molecule has 0 aliphatic rings. The molecule has 0 spiro atoms. The Morgan fingerprint density at radius 3 is 2.16 bits per heavy atom. The summed E-state index contributed by atoms with van der Waals surface area (Å²) in [5.41, 5.74) is 0.882. The number of aliphatic carboxylic acids is 1. The van der Waals surface area contributed by atoms with Crippen LogP contribution in [0.3, 0.4) is 0 Å². The standard InChI is InChI=1S/C12H14N2O5/c1-6-4-9(5-7(2)10(6)14(18)19)11(15)13-8(3)12(16)17/h4-5,8H,1-3H3,(H,13,15)(H,16,17). The molecule has 0 heterocycles. The highest BCUT2D eigenvalue weighted by Crippen LogP contribution is 2.24. The average molecular weight is 266 g/mol.